The van der Waals surface area contributed by atoms with Crippen molar-refractivity contribution in [2.45, 2.75) is 18.4 Å². The summed E-state index contributed by atoms with van der Waals surface area (Å²) in [6.45, 7) is 1.59. The Bertz CT molecular complexity index is 699. The second kappa shape index (κ2) is 5.27. The molecule has 1 aromatic heterocycles. The van der Waals surface area contributed by atoms with Crippen LogP contribution in [0.1, 0.15) is 11.7 Å². The van der Waals surface area contributed by atoms with Crippen molar-refractivity contribution in [2.75, 3.05) is 5.73 Å². The quantitative estimate of drug-likeness (QED) is 0.804. The fourth-order valence-corrected chi connectivity index (χ4v) is 2.86. The van der Waals surface area contributed by atoms with Crippen molar-refractivity contribution < 1.29 is 12.9 Å². The lowest BCUT2D eigenvalue weighted by atomic mass is 10.3. The molecule has 102 valence electrons. The van der Waals surface area contributed by atoms with Gasteiger partial charge in [-0.3, -0.25) is 0 Å². The van der Waals surface area contributed by atoms with Crippen LogP contribution in [0.4, 0.5) is 5.69 Å². The first-order chi connectivity index (χ1) is 8.88. The van der Waals surface area contributed by atoms with E-state index in [0.29, 0.717) is 16.0 Å². The Hall–Kier alpha value is -1.45. The van der Waals surface area contributed by atoms with Crippen LogP contribution in [-0.2, 0) is 16.6 Å². The number of hydrogen-bond acceptors (Lipinski definition) is 6. The summed E-state index contributed by atoms with van der Waals surface area (Å²) >= 11 is 3.18. The molecular formula is C10H11BrN4O3S. The maximum Gasteiger partial charge on any atom is 0.241 e. The number of hydrogen-bond donors (Lipinski definition) is 2. The molecule has 2 aromatic rings. The topological polar surface area (TPSA) is 111 Å². The molecule has 19 heavy (non-hydrogen) atoms. The van der Waals surface area contributed by atoms with Gasteiger partial charge in [0.25, 0.3) is 0 Å². The highest BCUT2D eigenvalue weighted by Gasteiger charge is 2.16. The van der Waals surface area contributed by atoms with E-state index in [1.165, 1.54) is 18.2 Å². The molecule has 0 aliphatic rings. The Morgan fingerprint density at radius 2 is 2.21 bits per heavy atom. The molecule has 3 N–H and O–H groups in total. The van der Waals surface area contributed by atoms with Gasteiger partial charge in [-0.15, -0.1) is 0 Å². The molecule has 0 saturated carbocycles. The number of anilines is 1. The van der Waals surface area contributed by atoms with Crippen molar-refractivity contribution in [1.82, 2.24) is 14.9 Å². The van der Waals surface area contributed by atoms with Crippen molar-refractivity contribution in [3.63, 3.8) is 0 Å². The number of aromatic nitrogens is 2. The van der Waals surface area contributed by atoms with Crippen LogP contribution < -0.4 is 10.5 Å². The van der Waals surface area contributed by atoms with Gasteiger partial charge in [0.15, 0.2) is 5.82 Å². The summed E-state index contributed by atoms with van der Waals surface area (Å²) < 4.78 is 31.7. The Morgan fingerprint density at radius 1 is 1.47 bits per heavy atom. The minimum absolute atomic E-state index is 0.0643. The monoisotopic (exact) mass is 346 g/mol. The van der Waals surface area contributed by atoms with Crippen molar-refractivity contribution in [1.29, 1.82) is 0 Å². The summed E-state index contributed by atoms with van der Waals surface area (Å²) in [5, 5.41) is 3.57. The number of rotatable bonds is 4. The fraction of sp³-hybridized carbons (Fsp3) is 0.200. The largest absolute Gasteiger partial charge is 0.398 e. The Balaban J connectivity index is 2.16. The number of nitrogens with zero attached hydrogens (tertiary/aromatic N) is 2. The third-order valence-electron chi connectivity index (χ3n) is 2.27. The molecule has 0 aliphatic heterocycles. The molecule has 0 spiro atoms. The molecule has 0 saturated heterocycles. The van der Waals surface area contributed by atoms with E-state index in [1.807, 2.05) is 0 Å². The van der Waals surface area contributed by atoms with Crippen molar-refractivity contribution in [3.05, 3.63) is 34.4 Å². The van der Waals surface area contributed by atoms with E-state index < -0.39 is 10.0 Å². The maximum absolute atomic E-state index is 12.0. The molecular weight excluding hydrogens is 336 g/mol. The van der Waals surface area contributed by atoms with E-state index in [0.717, 1.165) is 0 Å². The van der Waals surface area contributed by atoms with Gasteiger partial charge in [-0.2, -0.15) is 4.98 Å². The minimum Gasteiger partial charge on any atom is -0.398 e. The molecule has 1 heterocycles. The van der Waals surface area contributed by atoms with Gasteiger partial charge < -0.3 is 10.3 Å². The van der Waals surface area contributed by atoms with Gasteiger partial charge >= 0.3 is 0 Å². The lowest BCUT2D eigenvalue weighted by Gasteiger charge is -2.06. The Kier molecular flexibility index (Phi) is 3.88. The second-order valence-electron chi connectivity index (χ2n) is 3.74. The second-order valence-corrected chi connectivity index (χ2v) is 6.36. The van der Waals surface area contributed by atoms with Gasteiger partial charge in [-0.05, 0) is 41.1 Å². The van der Waals surface area contributed by atoms with E-state index in [4.69, 9.17) is 10.3 Å². The van der Waals surface area contributed by atoms with Crippen molar-refractivity contribution in [2.24, 2.45) is 0 Å². The normalized spacial score (nSPS) is 11.7. The number of nitrogen functional groups attached to an aromatic ring is 1. The molecule has 0 atom stereocenters. The molecule has 2 rings (SSSR count). The van der Waals surface area contributed by atoms with Gasteiger partial charge in [0.2, 0.25) is 15.9 Å². The van der Waals surface area contributed by atoms with Crippen LogP contribution in [0, 0.1) is 6.92 Å². The zero-order valence-electron chi connectivity index (χ0n) is 9.92. The minimum atomic E-state index is -3.65. The van der Waals surface area contributed by atoms with E-state index in [1.54, 1.807) is 6.92 Å². The predicted octanol–water partition coefficient (Wildman–Crippen LogP) is 1.20. The summed E-state index contributed by atoms with van der Waals surface area (Å²) in [5.41, 5.74) is 6.07. The van der Waals surface area contributed by atoms with Gasteiger partial charge in [-0.25, -0.2) is 13.1 Å². The van der Waals surface area contributed by atoms with E-state index >= 15 is 0 Å². The standard InChI is InChI=1S/C10H11BrN4O3S/c1-6-14-10(18-15-6)5-13-19(16,17)7-2-3-9(12)8(11)4-7/h2-4,13H,5,12H2,1H3. The van der Waals surface area contributed by atoms with E-state index in [9.17, 15) is 8.42 Å². The number of benzene rings is 1. The molecule has 1 aromatic carbocycles. The van der Waals surface area contributed by atoms with Crippen LogP contribution in [0.2, 0.25) is 0 Å². The lowest BCUT2D eigenvalue weighted by molar-refractivity contribution is 0.372. The first-order valence-corrected chi connectivity index (χ1v) is 7.50. The van der Waals surface area contributed by atoms with Crippen LogP contribution in [0.3, 0.4) is 0 Å². The van der Waals surface area contributed by atoms with Crippen molar-refractivity contribution in [3.8, 4) is 0 Å². The molecule has 0 bridgehead atoms. The first-order valence-electron chi connectivity index (χ1n) is 5.22. The van der Waals surface area contributed by atoms with Gasteiger partial charge in [0, 0.05) is 10.2 Å². The lowest BCUT2D eigenvalue weighted by Crippen LogP contribution is -2.23. The maximum atomic E-state index is 12.0. The smallest absolute Gasteiger partial charge is 0.241 e. The average Bonchev–Trinajstić information content (AvgIpc) is 2.76. The molecule has 0 fully saturated rings. The predicted molar refractivity (Wildman–Crippen MR) is 71.6 cm³/mol. The molecule has 0 amide bonds. The summed E-state index contributed by atoms with van der Waals surface area (Å²) in [6, 6.07) is 4.35. The van der Waals surface area contributed by atoms with Gasteiger partial charge in [0.05, 0.1) is 11.4 Å². The molecule has 7 nitrogen and oxygen atoms in total. The Morgan fingerprint density at radius 3 is 2.79 bits per heavy atom. The molecule has 0 radical (unpaired) electrons. The number of aryl methyl sites for hydroxylation is 1. The summed E-state index contributed by atoms with van der Waals surface area (Å²) in [6.07, 6.45) is 0. The van der Waals surface area contributed by atoms with Crippen molar-refractivity contribution >= 4 is 31.6 Å². The molecule has 9 heteroatoms. The van der Waals surface area contributed by atoms with Crippen LogP contribution >= 0.6 is 15.9 Å². The number of nitrogens with one attached hydrogen (secondary N) is 1. The third kappa shape index (κ3) is 3.31. The highest BCUT2D eigenvalue weighted by atomic mass is 79.9. The van der Waals surface area contributed by atoms with Gasteiger partial charge in [0.1, 0.15) is 0 Å². The molecule has 0 aliphatic carbocycles. The number of halogens is 1. The summed E-state index contributed by atoms with van der Waals surface area (Å²) in [4.78, 5) is 4.01. The average molecular weight is 347 g/mol. The van der Waals surface area contributed by atoms with Crippen LogP contribution in [0.25, 0.3) is 0 Å². The van der Waals surface area contributed by atoms with E-state index in [2.05, 4.69) is 30.8 Å². The Labute approximate surface area is 118 Å². The zero-order valence-corrected chi connectivity index (χ0v) is 12.3. The van der Waals surface area contributed by atoms with Crippen LogP contribution in [0.15, 0.2) is 32.1 Å². The molecule has 0 unspecified atom stereocenters. The highest BCUT2D eigenvalue weighted by Crippen LogP contribution is 2.22. The third-order valence-corrected chi connectivity index (χ3v) is 4.35. The van der Waals surface area contributed by atoms with Gasteiger partial charge in [-0.1, -0.05) is 5.16 Å². The number of sulfonamides is 1. The summed E-state index contributed by atoms with van der Waals surface area (Å²) in [7, 11) is -3.65. The first kappa shape index (κ1) is 14.0. The zero-order chi connectivity index (χ0) is 14.0. The fourth-order valence-electron chi connectivity index (χ4n) is 1.33. The van der Waals surface area contributed by atoms with Crippen LogP contribution in [-0.4, -0.2) is 18.6 Å². The van der Waals surface area contributed by atoms with E-state index in [-0.39, 0.29) is 17.3 Å². The SMILES string of the molecule is Cc1noc(CNS(=O)(=O)c2ccc(N)c(Br)c2)n1. The van der Waals surface area contributed by atoms with Crippen LogP contribution in [0.5, 0.6) is 0 Å². The highest BCUT2D eigenvalue weighted by molar-refractivity contribution is 9.10. The number of nitrogens with two attached hydrogens (primary N) is 1. The summed E-state index contributed by atoms with van der Waals surface area (Å²) in [5.74, 6) is 0.653.